The molecule has 0 aromatic carbocycles. The Morgan fingerprint density at radius 1 is 1.33 bits per heavy atom. The third-order valence-electron chi connectivity index (χ3n) is 3.86. The molecule has 0 aliphatic heterocycles. The zero-order valence-corrected chi connectivity index (χ0v) is 12.8. The quantitative estimate of drug-likeness (QED) is 0.795. The molecule has 3 rings (SSSR count). The summed E-state index contributed by atoms with van der Waals surface area (Å²) in [6.45, 7) is 6.98. The lowest BCUT2D eigenvalue weighted by atomic mass is 10.1. The first-order chi connectivity index (χ1) is 10.1. The first-order valence-electron chi connectivity index (χ1n) is 7.08. The highest BCUT2D eigenvalue weighted by molar-refractivity contribution is 5.42. The zero-order valence-electron chi connectivity index (χ0n) is 12.8. The van der Waals surface area contributed by atoms with Crippen molar-refractivity contribution >= 4 is 5.65 Å². The van der Waals surface area contributed by atoms with Gasteiger partial charge in [-0.3, -0.25) is 4.68 Å². The summed E-state index contributed by atoms with van der Waals surface area (Å²) in [5.41, 5.74) is 5.32. The minimum atomic E-state index is 0.196. The predicted octanol–water partition coefficient (Wildman–Crippen LogP) is 1.93. The van der Waals surface area contributed by atoms with E-state index in [1.54, 1.807) is 0 Å². The number of hydrogen-bond donors (Lipinski definition) is 1. The third-order valence-corrected chi connectivity index (χ3v) is 3.86. The van der Waals surface area contributed by atoms with Gasteiger partial charge in [-0.2, -0.15) is 10.2 Å². The smallest absolute Gasteiger partial charge is 0.155 e. The van der Waals surface area contributed by atoms with Gasteiger partial charge in [-0.05, 0) is 26.8 Å². The standard InChI is InChI=1S/C15H20N6/c1-10-7-15-17-9-14(12(3)21(15)19-10)11(2)16-8-13-5-6-18-20(13)4/h5-7,9,11,16H,8H2,1-4H3. The molecule has 1 atom stereocenters. The highest BCUT2D eigenvalue weighted by Crippen LogP contribution is 2.18. The minimum absolute atomic E-state index is 0.196. The highest BCUT2D eigenvalue weighted by Gasteiger charge is 2.13. The van der Waals surface area contributed by atoms with Crippen LogP contribution in [0.2, 0.25) is 0 Å². The average molecular weight is 284 g/mol. The van der Waals surface area contributed by atoms with E-state index in [2.05, 4.69) is 34.3 Å². The topological polar surface area (TPSA) is 60.0 Å². The summed E-state index contributed by atoms with van der Waals surface area (Å²) in [6, 6.07) is 4.20. The first-order valence-corrected chi connectivity index (χ1v) is 7.08. The maximum Gasteiger partial charge on any atom is 0.155 e. The van der Waals surface area contributed by atoms with Crippen LogP contribution in [0.25, 0.3) is 5.65 Å². The van der Waals surface area contributed by atoms with Gasteiger partial charge in [0.15, 0.2) is 5.65 Å². The largest absolute Gasteiger partial charge is 0.304 e. The molecule has 0 saturated heterocycles. The van der Waals surface area contributed by atoms with Crippen molar-refractivity contribution in [1.29, 1.82) is 0 Å². The van der Waals surface area contributed by atoms with Gasteiger partial charge in [-0.1, -0.05) is 0 Å². The second kappa shape index (κ2) is 5.29. The fourth-order valence-corrected chi connectivity index (χ4v) is 2.54. The van der Waals surface area contributed by atoms with E-state index < -0.39 is 0 Å². The van der Waals surface area contributed by atoms with Crippen LogP contribution in [0, 0.1) is 13.8 Å². The van der Waals surface area contributed by atoms with Crippen molar-refractivity contribution in [2.45, 2.75) is 33.4 Å². The lowest BCUT2D eigenvalue weighted by Crippen LogP contribution is -2.21. The summed E-state index contributed by atoms with van der Waals surface area (Å²) in [5.74, 6) is 0. The molecular formula is C15H20N6. The molecular weight excluding hydrogens is 264 g/mol. The number of nitrogens with one attached hydrogen (secondary N) is 1. The first kappa shape index (κ1) is 13.8. The molecule has 3 aromatic rings. The lowest BCUT2D eigenvalue weighted by Gasteiger charge is -2.16. The fourth-order valence-electron chi connectivity index (χ4n) is 2.54. The molecule has 0 spiro atoms. The van der Waals surface area contributed by atoms with Gasteiger partial charge in [0.2, 0.25) is 0 Å². The fraction of sp³-hybridized carbons (Fsp3) is 0.400. The number of fused-ring (bicyclic) bond motifs is 1. The molecule has 0 saturated carbocycles. The van der Waals surface area contributed by atoms with E-state index in [0.717, 1.165) is 34.8 Å². The Kier molecular flexibility index (Phi) is 3.47. The molecule has 3 aromatic heterocycles. The number of rotatable bonds is 4. The van der Waals surface area contributed by atoms with Crippen LogP contribution in [0.5, 0.6) is 0 Å². The Labute approximate surface area is 123 Å². The van der Waals surface area contributed by atoms with Crippen LogP contribution in [0.4, 0.5) is 0 Å². The Balaban J connectivity index is 1.82. The van der Waals surface area contributed by atoms with Gasteiger partial charge < -0.3 is 5.32 Å². The Bertz CT molecular complexity index is 770. The van der Waals surface area contributed by atoms with Crippen LogP contribution >= 0.6 is 0 Å². The highest BCUT2D eigenvalue weighted by atomic mass is 15.3. The van der Waals surface area contributed by atoms with Gasteiger partial charge in [0.05, 0.1) is 11.4 Å². The molecule has 3 heterocycles. The molecule has 0 aliphatic rings. The number of hydrogen-bond acceptors (Lipinski definition) is 4. The van der Waals surface area contributed by atoms with Crippen molar-refractivity contribution in [3.8, 4) is 0 Å². The number of aromatic nitrogens is 5. The SMILES string of the molecule is Cc1cc2ncc(C(C)NCc3ccnn3C)c(C)n2n1. The molecule has 6 heteroatoms. The maximum atomic E-state index is 4.49. The van der Waals surface area contributed by atoms with Crippen molar-refractivity contribution < 1.29 is 0 Å². The van der Waals surface area contributed by atoms with Gasteiger partial charge >= 0.3 is 0 Å². The zero-order chi connectivity index (χ0) is 15.0. The van der Waals surface area contributed by atoms with E-state index in [-0.39, 0.29) is 6.04 Å². The summed E-state index contributed by atoms with van der Waals surface area (Å²) >= 11 is 0. The van der Waals surface area contributed by atoms with Crippen LogP contribution in [0.1, 0.15) is 35.6 Å². The van der Waals surface area contributed by atoms with Crippen molar-refractivity contribution in [1.82, 2.24) is 29.7 Å². The molecule has 0 fully saturated rings. The Morgan fingerprint density at radius 3 is 2.86 bits per heavy atom. The number of nitrogens with zero attached hydrogens (tertiary/aromatic N) is 5. The molecule has 0 amide bonds. The van der Waals surface area contributed by atoms with E-state index in [4.69, 9.17) is 0 Å². The van der Waals surface area contributed by atoms with E-state index in [9.17, 15) is 0 Å². The molecule has 0 aliphatic carbocycles. The second-order valence-corrected chi connectivity index (χ2v) is 5.40. The second-order valence-electron chi connectivity index (χ2n) is 5.40. The van der Waals surface area contributed by atoms with Gasteiger partial charge in [0.1, 0.15) is 0 Å². The predicted molar refractivity (Wildman–Crippen MR) is 80.9 cm³/mol. The monoisotopic (exact) mass is 284 g/mol. The average Bonchev–Trinajstić information content (AvgIpc) is 3.02. The van der Waals surface area contributed by atoms with Crippen LogP contribution in [0.15, 0.2) is 24.5 Å². The summed E-state index contributed by atoms with van der Waals surface area (Å²) in [7, 11) is 1.95. The molecule has 1 unspecified atom stereocenters. The van der Waals surface area contributed by atoms with Gasteiger partial charge in [0.25, 0.3) is 0 Å². The lowest BCUT2D eigenvalue weighted by molar-refractivity contribution is 0.541. The van der Waals surface area contributed by atoms with Gasteiger partial charge in [-0.25, -0.2) is 9.50 Å². The maximum absolute atomic E-state index is 4.49. The minimum Gasteiger partial charge on any atom is -0.304 e. The Hall–Kier alpha value is -2.21. The Morgan fingerprint density at radius 2 is 2.14 bits per heavy atom. The van der Waals surface area contributed by atoms with Crippen LogP contribution < -0.4 is 5.32 Å². The third kappa shape index (κ3) is 2.54. The summed E-state index contributed by atoms with van der Waals surface area (Å²) in [5, 5.41) is 12.2. The normalized spacial score (nSPS) is 13.0. The van der Waals surface area contributed by atoms with E-state index in [1.165, 1.54) is 0 Å². The van der Waals surface area contributed by atoms with E-state index in [0.29, 0.717) is 0 Å². The summed E-state index contributed by atoms with van der Waals surface area (Å²) < 4.78 is 3.79. The molecule has 0 radical (unpaired) electrons. The van der Waals surface area contributed by atoms with E-state index in [1.807, 2.05) is 47.7 Å². The van der Waals surface area contributed by atoms with E-state index >= 15 is 0 Å². The summed E-state index contributed by atoms with van der Waals surface area (Å²) in [6.07, 6.45) is 3.75. The molecule has 110 valence electrons. The van der Waals surface area contributed by atoms with Crippen molar-refractivity contribution in [2.75, 3.05) is 0 Å². The van der Waals surface area contributed by atoms with Crippen LogP contribution in [-0.2, 0) is 13.6 Å². The van der Waals surface area contributed by atoms with Gasteiger partial charge in [-0.15, -0.1) is 0 Å². The van der Waals surface area contributed by atoms with Gasteiger partial charge in [0, 0.05) is 49.4 Å². The van der Waals surface area contributed by atoms with Crippen molar-refractivity contribution in [2.24, 2.45) is 7.05 Å². The molecule has 0 bridgehead atoms. The van der Waals surface area contributed by atoms with Crippen LogP contribution in [0.3, 0.4) is 0 Å². The molecule has 1 N–H and O–H groups in total. The van der Waals surface area contributed by atoms with Crippen molar-refractivity contribution in [3.63, 3.8) is 0 Å². The molecule has 21 heavy (non-hydrogen) atoms. The summed E-state index contributed by atoms with van der Waals surface area (Å²) in [4.78, 5) is 4.49. The molecule has 6 nitrogen and oxygen atoms in total. The van der Waals surface area contributed by atoms with Crippen LogP contribution in [-0.4, -0.2) is 24.4 Å². The number of aryl methyl sites for hydroxylation is 3. The van der Waals surface area contributed by atoms with Crippen molar-refractivity contribution in [3.05, 3.63) is 47.2 Å².